The molecule has 0 aliphatic carbocycles. The molecule has 0 unspecified atom stereocenters. The maximum absolute atomic E-state index is 6.65. The highest BCUT2D eigenvalue weighted by Gasteiger charge is 2.19. The molecule has 10 rings (SSSR count). The van der Waals surface area contributed by atoms with E-state index in [9.17, 15) is 0 Å². The fourth-order valence-corrected chi connectivity index (χ4v) is 7.84. The van der Waals surface area contributed by atoms with E-state index in [0.717, 1.165) is 32.9 Å². The van der Waals surface area contributed by atoms with Gasteiger partial charge >= 0.3 is 0 Å². The first-order valence-electron chi connectivity index (χ1n) is 16.8. The molecule has 0 aliphatic rings. The molecule has 0 bridgehead atoms. The van der Waals surface area contributed by atoms with Crippen LogP contribution < -0.4 is 0 Å². The number of furan rings is 1. The molecule has 0 N–H and O–H groups in total. The van der Waals surface area contributed by atoms with Crippen molar-refractivity contribution in [1.29, 1.82) is 0 Å². The van der Waals surface area contributed by atoms with Gasteiger partial charge in [0.2, 0.25) is 0 Å². The van der Waals surface area contributed by atoms with E-state index < -0.39 is 0 Å². The second-order valence-corrected chi connectivity index (χ2v) is 12.8. The Bertz CT molecular complexity index is 2800. The third-order valence-corrected chi connectivity index (χ3v) is 10.1. The van der Waals surface area contributed by atoms with Crippen molar-refractivity contribution in [2.45, 2.75) is 0 Å². The fourth-order valence-electron chi connectivity index (χ4n) is 7.84. The fraction of sp³-hybridized carbons (Fsp3) is 0. The zero-order valence-corrected chi connectivity index (χ0v) is 26.7. The standard InChI is InChI=1S/C48H30O/c1-3-13-31(14-4-1)36-26-24-34(29-44(36)32-15-5-2-6-16-32)46-39-19-9-11-21-41(39)47(42-22-12-10-20-40(42)46)35-25-27-38-43-28-23-33-17-7-8-18-37(33)48(43)49-45(38)30-35/h1-30H. The summed E-state index contributed by atoms with van der Waals surface area (Å²) in [5.41, 5.74) is 11.6. The minimum absolute atomic E-state index is 0.907. The third-order valence-electron chi connectivity index (χ3n) is 10.1. The summed E-state index contributed by atoms with van der Waals surface area (Å²) in [6.07, 6.45) is 0. The summed E-state index contributed by atoms with van der Waals surface area (Å²) in [7, 11) is 0. The summed E-state index contributed by atoms with van der Waals surface area (Å²) in [6.45, 7) is 0. The molecule has 0 fully saturated rings. The van der Waals surface area contributed by atoms with Crippen LogP contribution >= 0.6 is 0 Å². The lowest BCUT2D eigenvalue weighted by molar-refractivity contribution is 0.673. The Morgan fingerprint density at radius 1 is 0.286 bits per heavy atom. The molecule has 0 aliphatic heterocycles. The van der Waals surface area contributed by atoms with E-state index in [1.54, 1.807) is 0 Å². The SMILES string of the molecule is c1ccc(-c2ccc(-c3c4ccccc4c(-c4ccc5c(c4)oc4c6ccccc6ccc54)c4ccccc34)cc2-c2ccccc2)cc1. The predicted octanol–water partition coefficient (Wildman–Crippen LogP) is 13.7. The molecule has 49 heavy (non-hydrogen) atoms. The van der Waals surface area contributed by atoms with Gasteiger partial charge in [-0.25, -0.2) is 0 Å². The Balaban J connectivity index is 1.23. The first-order chi connectivity index (χ1) is 24.3. The van der Waals surface area contributed by atoms with Crippen LogP contribution in [0, 0.1) is 0 Å². The van der Waals surface area contributed by atoms with Gasteiger partial charge in [0.15, 0.2) is 0 Å². The van der Waals surface area contributed by atoms with Crippen molar-refractivity contribution in [2.24, 2.45) is 0 Å². The van der Waals surface area contributed by atoms with Crippen LogP contribution in [0.5, 0.6) is 0 Å². The molecule has 1 heteroatoms. The Morgan fingerprint density at radius 3 is 1.41 bits per heavy atom. The Labute approximate surface area is 284 Å². The van der Waals surface area contributed by atoms with Gasteiger partial charge in [-0.05, 0) is 95.7 Å². The van der Waals surface area contributed by atoms with Gasteiger partial charge in [0.25, 0.3) is 0 Å². The molecular weight excluding hydrogens is 593 g/mol. The van der Waals surface area contributed by atoms with Crippen LogP contribution in [-0.2, 0) is 0 Å². The number of hydrogen-bond donors (Lipinski definition) is 0. The maximum Gasteiger partial charge on any atom is 0.143 e. The lowest BCUT2D eigenvalue weighted by Gasteiger charge is -2.19. The van der Waals surface area contributed by atoms with Gasteiger partial charge in [-0.2, -0.15) is 0 Å². The van der Waals surface area contributed by atoms with Crippen LogP contribution in [0.3, 0.4) is 0 Å². The molecular formula is C48H30O. The van der Waals surface area contributed by atoms with Gasteiger partial charge in [-0.3, -0.25) is 0 Å². The average Bonchev–Trinajstić information content (AvgIpc) is 3.56. The third kappa shape index (κ3) is 4.40. The summed E-state index contributed by atoms with van der Waals surface area (Å²) in [5.74, 6) is 0. The normalized spacial score (nSPS) is 11.7. The highest BCUT2D eigenvalue weighted by Crippen LogP contribution is 2.46. The Morgan fingerprint density at radius 2 is 0.776 bits per heavy atom. The smallest absolute Gasteiger partial charge is 0.143 e. The Kier molecular flexibility index (Phi) is 6.25. The predicted molar refractivity (Wildman–Crippen MR) is 208 cm³/mol. The van der Waals surface area contributed by atoms with Crippen LogP contribution in [0.2, 0.25) is 0 Å². The van der Waals surface area contributed by atoms with Gasteiger partial charge in [0, 0.05) is 16.2 Å². The lowest BCUT2D eigenvalue weighted by atomic mass is 9.84. The van der Waals surface area contributed by atoms with Crippen LogP contribution in [0.4, 0.5) is 0 Å². The van der Waals surface area contributed by atoms with Gasteiger partial charge in [-0.15, -0.1) is 0 Å². The van der Waals surface area contributed by atoms with E-state index in [-0.39, 0.29) is 0 Å². The molecule has 0 spiro atoms. The van der Waals surface area contributed by atoms with Crippen molar-refractivity contribution < 1.29 is 4.42 Å². The number of fused-ring (bicyclic) bond motifs is 7. The van der Waals surface area contributed by atoms with Crippen LogP contribution in [0.1, 0.15) is 0 Å². The molecule has 1 aromatic heterocycles. The van der Waals surface area contributed by atoms with E-state index in [4.69, 9.17) is 4.42 Å². The van der Waals surface area contributed by atoms with Crippen molar-refractivity contribution in [1.82, 2.24) is 0 Å². The molecule has 9 aromatic carbocycles. The molecule has 10 aromatic rings. The van der Waals surface area contributed by atoms with Crippen LogP contribution in [0.25, 0.3) is 98.8 Å². The highest BCUT2D eigenvalue weighted by molar-refractivity contribution is 6.22. The minimum Gasteiger partial charge on any atom is -0.455 e. The number of hydrogen-bond acceptors (Lipinski definition) is 1. The molecule has 1 nitrogen and oxygen atoms in total. The van der Waals surface area contributed by atoms with E-state index in [2.05, 4.69) is 182 Å². The second-order valence-electron chi connectivity index (χ2n) is 12.8. The van der Waals surface area contributed by atoms with Crippen molar-refractivity contribution in [3.8, 4) is 44.5 Å². The van der Waals surface area contributed by atoms with Crippen LogP contribution in [0.15, 0.2) is 186 Å². The number of benzene rings is 9. The largest absolute Gasteiger partial charge is 0.455 e. The molecule has 0 saturated carbocycles. The summed E-state index contributed by atoms with van der Waals surface area (Å²) in [4.78, 5) is 0. The van der Waals surface area contributed by atoms with E-state index >= 15 is 0 Å². The number of rotatable bonds is 4. The summed E-state index contributed by atoms with van der Waals surface area (Å²) >= 11 is 0. The van der Waals surface area contributed by atoms with Gasteiger partial charge in [-0.1, -0.05) is 158 Å². The summed E-state index contributed by atoms with van der Waals surface area (Å²) in [5, 5.41) is 9.55. The molecule has 1 heterocycles. The molecule has 228 valence electrons. The molecule has 0 radical (unpaired) electrons. The molecule has 0 amide bonds. The second kappa shape index (κ2) is 11.1. The Hall–Kier alpha value is -6.44. The van der Waals surface area contributed by atoms with Crippen molar-refractivity contribution in [2.75, 3.05) is 0 Å². The first kappa shape index (κ1) is 27.7. The van der Waals surface area contributed by atoms with Gasteiger partial charge < -0.3 is 4.42 Å². The van der Waals surface area contributed by atoms with Crippen LogP contribution in [-0.4, -0.2) is 0 Å². The lowest BCUT2D eigenvalue weighted by Crippen LogP contribution is -1.92. The van der Waals surface area contributed by atoms with E-state index in [1.165, 1.54) is 65.9 Å². The summed E-state index contributed by atoms with van der Waals surface area (Å²) in [6, 6.07) is 65.7. The minimum atomic E-state index is 0.907. The first-order valence-corrected chi connectivity index (χ1v) is 16.8. The maximum atomic E-state index is 6.65. The van der Waals surface area contributed by atoms with Gasteiger partial charge in [0.1, 0.15) is 11.2 Å². The zero-order chi connectivity index (χ0) is 32.3. The zero-order valence-electron chi connectivity index (χ0n) is 26.7. The van der Waals surface area contributed by atoms with Crippen molar-refractivity contribution >= 4 is 54.3 Å². The average molecular weight is 623 g/mol. The monoisotopic (exact) mass is 622 g/mol. The highest BCUT2D eigenvalue weighted by atomic mass is 16.3. The molecule has 0 saturated heterocycles. The quantitative estimate of drug-likeness (QED) is 0.178. The van der Waals surface area contributed by atoms with Crippen molar-refractivity contribution in [3.63, 3.8) is 0 Å². The topological polar surface area (TPSA) is 13.1 Å². The summed E-state index contributed by atoms with van der Waals surface area (Å²) < 4.78 is 6.65. The van der Waals surface area contributed by atoms with E-state index in [1.807, 2.05) is 0 Å². The van der Waals surface area contributed by atoms with Crippen molar-refractivity contribution in [3.05, 3.63) is 182 Å². The molecule has 0 atom stereocenters. The van der Waals surface area contributed by atoms with E-state index in [0.29, 0.717) is 0 Å². The van der Waals surface area contributed by atoms with Gasteiger partial charge in [0.05, 0.1) is 0 Å².